The topological polar surface area (TPSA) is 92.0 Å². The van der Waals surface area contributed by atoms with Gasteiger partial charge in [-0.05, 0) is 43.4 Å². The van der Waals surface area contributed by atoms with Crippen LogP contribution >= 0.6 is 0 Å². The van der Waals surface area contributed by atoms with Gasteiger partial charge >= 0.3 is 0 Å². The molecule has 3 aromatic rings. The Kier molecular flexibility index (Phi) is 4.05. The Morgan fingerprint density at radius 3 is 2.48 bits per heavy atom. The minimum Gasteiger partial charge on any atom is -0.497 e. The number of methoxy groups -OCH3 is 1. The minimum absolute atomic E-state index is 0.318. The van der Waals surface area contributed by atoms with Crippen LogP contribution in [0, 0.1) is 0 Å². The molecule has 0 saturated heterocycles. The molecule has 1 aliphatic carbocycles. The highest BCUT2D eigenvalue weighted by molar-refractivity contribution is 6.00. The number of hydrogen-bond acceptors (Lipinski definition) is 5. The second-order valence-corrected chi connectivity index (χ2v) is 6.70. The maximum absolute atomic E-state index is 6.21. The summed E-state index contributed by atoms with van der Waals surface area (Å²) in [5, 5.41) is 0.919. The molecule has 1 aromatic carbocycles. The van der Waals surface area contributed by atoms with Gasteiger partial charge in [0, 0.05) is 23.8 Å². The summed E-state index contributed by atoms with van der Waals surface area (Å²) in [5.41, 5.74) is 15.3. The molecule has 0 bridgehead atoms. The second kappa shape index (κ2) is 6.37. The maximum atomic E-state index is 6.21. The Morgan fingerprint density at radius 2 is 1.80 bits per heavy atom. The van der Waals surface area contributed by atoms with Gasteiger partial charge < -0.3 is 20.8 Å². The lowest BCUT2D eigenvalue weighted by Crippen LogP contribution is -2.27. The molecular weight excluding hydrogens is 314 g/mol. The van der Waals surface area contributed by atoms with Gasteiger partial charge in [0.05, 0.1) is 12.5 Å². The van der Waals surface area contributed by atoms with E-state index in [0.29, 0.717) is 17.9 Å². The van der Waals surface area contributed by atoms with Crippen LogP contribution in [0.5, 0.6) is 5.75 Å². The van der Waals surface area contributed by atoms with Crippen LogP contribution in [-0.2, 0) is 0 Å². The van der Waals surface area contributed by atoms with Crippen molar-refractivity contribution in [2.24, 2.45) is 5.73 Å². The fourth-order valence-electron chi connectivity index (χ4n) is 3.76. The summed E-state index contributed by atoms with van der Waals surface area (Å²) in [5.74, 6) is 1.35. The molecule has 4 rings (SSSR count). The van der Waals surface area contributed by atoms with Crippen molar-refractivity contribution in [1.82, 2.24) is 14.5 Å². The molecule has 0 atom stereocenters. The zero-order valence-corrected chi connectivity index (χ0v) is 14.4. The average Bonchev–Trinajstić information content (AvgIpc) is 3.03. The van der Waals surface area contributed by atoms with Crippen molar-refractivity contribution in [3.05, 3.63) is 36.8 Å². The number of fused-ring (bicyclic) bond motifs is 1. The number of ether oxygens (including phenoxy) is 1. The van der Waals surface area contributed by atoms with Crippen molar-refractivity contribution in [3.8, 4) is 16.9 Å². The molecule has 25 heavy (non-hydrogen) atoms. The SMILES string of the molecule is COc1ccc(-c2cn(C3CCC(N)CC3)c3ncnc(N)c23)cc1. The summed E-state index contributed by atoms with van der Waals surface area (Å²) >= 11 is 0. The molecule has 0 amide bonds. The Balaban J connectivity index is 1.83. The number of rotatable bonds is 3. The first kappa shape index (κ1) is 15.9. The summed E-state index contributed by atoms with van der Waals surface area (Å²) in [6, 6.07) is 8.72. The highest BCUT2D eigenvalue weighted by Crippen LogP contribution is 2.38. The van der Waals surface area contributed by atoms with Crippen LogP contribution in [0.1, 0.15) is 31.7 Å². The summed E-state index contributed by atoms with van der Waals surface area (Å²) in [7, 11) is 1.67. The smallest absolute Gasteiger partial charge is 0.146 e. The lowest BCUT2D eigenvalue weighted by molar-refractivity contribution is 0.329. The molecule has 1 fully saturated rings. The van der Waals surface area contributed by atoms with E-state index in [1.165, 1.54) is 0 Å². The number of benzene rings is 1. The molecule has 0 radical (unpaired) electrons. The van der Waals surface area contributed by atoms with E-state index in [0.717, 1.165) is 53.6 Å². The van der Waals surface area contributed by atoms with Crippen molar-refractivity contribution < 1.29 is 4.74 Å². The van der Waals surface area contributed by atoms with Crippen LogP contribution in [0.4, 0.5) is 5.82 Å². The Morgan fingerprint density at radius 1 is 1.08 bits per heavy atom. The normalized spacial score (nSPS) is 20.7. The van der Waals surface area contributed by atoms with E-state index in [4.69, 9.17) is 16.2 Å². The largest absolute Gasteiger partial charge is 0.497 e. The first-order chi connectivity index (χ1) is 12.2. The number of hydrogen-bond donors (Lipinski definition) is 2. The van der Waals surface area contributed by atoms with Crippen molar-refractivity contribution in [2.45, 2.75) is 37.8 Å². The number of anilines is 1. The summed E-state index contributed by atoms with van der Waals surface area (Å²) in [6.07, 6.45) is 7.93. The van der Waals surface area contributed by atoms with Gasteiger partial charge in [0.25, 0.3) is 0 Å². The fraction of sp³-hybridized carbons (Fsp3) is 0.368. The molecule has 2 aromatic heterocycles. The number of aromatic nitrogens is 3. The van der Waals surface area contributed by atoms with Gasteiger partial charge in [-0.25, -0.2) is 9.97 Å². The van der Waals surface area contributed by atoms with Gasteiger partial charge in [-0.2, -0.15) is 0 Å². The average molecular weight is 337 g/mol. The Bertz CT molecular complexity index is 879. The molecule has 6 nitrogen and oxygen atoms in total. The molecule has 6 heteroatoms. The molecular formula is C19H23N5O. The third-order valence-electron chi connectivity index (χ3n) is 5.17. The molecule has 4 N–H and O–H groups in total. The minimum atomic E-state index is 0.318. The van der Waals surface area contributed by atoms with Gasteiger partial charge in [0.15, 0.2) is 0 Å². The highest BCUT2D eigenvalue weighted by atomic mass is 16.5. The Labute approximate surface area is 146 Å². The van der Waals surface area contributed by atoms with Crippen LogP contribution in [0.25, 0.3) is 22.2 Å². The standard InChI is InChI=1S/C19H23N5O/c1-25-15-8-2-12(3-9-15)16-10-24(14-6-4-13(20)5-7-14)19-17(16)18(21)22-11-23-19/h2-3,8-11,13-14H,4-7,20H2,1H3,(H2,21,22,23). The van der Waals surface area contributed by atoms with E-state index >= 15 is 0 Å². The van der Waals surface area contributed by atoms with E-state index in [1.54, 1.807) is 13.4 Å². The monoisotopic (exact) mass is 337 g/mol. The van der Waals surface area contributed by atoms with Crippen LogP contribution in [-0.4, -0.2) is 27.7 Å². The lowest BCUT2D eigenvalue weighted by Gasteiger charge is -2.27. The summed E-state index contributed by atoms with van der Waals surface area (Å²) in [4.78, 5) is 8.74. The molecule has 1 saturated carbocycles. The van der Waals surface area contributed by atoms with Crippen molar-refractivity contribution in [3.63, 3.8) is 0 Å². The molecule has 130 valence electrons. The maximum Gasteiger partial charge on any atom is 0.146 e. The van der Waals surface area contributed by atoms with Gasteiger partial charge in [-0.1, -0.05) is 12.1 Å². The van der Waals surface area contributed by atoms with Crippen molar-refractivity contribution in [1.29, 1.82) is 0 Å². The zero-order valence-electron chi connectivity index (χ0n) is 14.4. The van der Waals surface area contributed by atoms with Crippen LogP contribution in [0.3, 0.4) is 0 Å². The molecule has 0 spiro atoms. The van der Waals surface area contributed by atoms with Crippen LogP contribution in [0.15, 0.2) is 36.8 Å². The highest BCUT2D eigenvalue weighted by Gasteiger charge is 2.24. The van der Waals surface area contributed by atoms with Gasteiger partial charge in [0.1, 0.15) is 23.5 Å². The van der Waals surface area contributed by atoms with E-state index in [9.17, 15) is 0 Å². The lowest BCUT2D eigenvalue weighted by atomic mass is 9.92. The van der Waals surface area contributed by atoms with Gasteiger partial charge in [-0.3, -0.25) is 0 Å². The Hall–Kier alpha value is -2.60. The molecule has 0 aliphatic heterocycles. The molecule has 1 aliphatic rings. The van der Waals surface area contributed by atoms with E-state index in [2.05, 4.69) is 20.7 Å². The van der Waals surface area contributed by atoms with Crippen molar-refractivity contribution >= 4 is 16.9 Å². The zero-order chi connectivity index (χ0) is 17.4. The fourth-order valence-corrected chi connectivity index (χ4v) is 3.76. The number of nitrogen functional groups attached to an aromatic ring is 1. The molecule has 2 heterocycles. The van der Waals surface area contributed by atoms with Gasteiger partial charge in [0.2, 0.25) is 0 Å². The quantitative estimate of drug-likeness (QED) is 0.766. The summed E-state index contributed by atoms with van der Waals surface area (Å²) in [6.45, 7) is 0. The van der Waals surface area contributed by atoms with Crippen LogP contribution in [0.2, 0.25) is 0 Å². The molecule has 0 unspecified atom stereocenters. The van der Waals surface area contributed by atoms with Crippen molar-refractivity contribution in [2.75, 3.05) is 12.8 Å². The van der Waals surface area contributed by atoms with E-state index in [1.807, 2.05) is 24.3 Å². The summed E-state index contributed by atoms with van der Waals surface area (Å²) < 4.78 is 7.52. The predicted molar refractivity (Wildman–Crippen MR) is 99.4 cm³/mol. The van der Waals surface area contributed by atoms with Crippen LogP contribution < -0.4 is 16.2 Å². The van der Waals surface area contributed by atoms with Gasteiger partial charge in [-0.15, -0.1) is 0 Å². The third kappa shape index (κ3) is 2.82. The van der Waals surface area contributed by atoms with E-state index in [-0.39, 0.29) is 0 Å². The predicted octanol–water partition coefficient (Wildman–Crippen LogP) is 3.13. The first-order valence-electron chi connectivity index (χ1n) is 8.68. The van der Waals surface area contributed by atoms with E-state index < -0.39 is 0 Å². The third-order valence-corrected chi connectivity index (χ3v) is 5.17. The number of nitrogens with zero attached hydrogens (tertiary/aromatic N) is 3. The second-order valence-electron chi connectivity index (χ2n) is 6.70. The number of nitrogens with two attached hydrogens (primary N) is 2. The first-order valence-corrected chi connectivity index (χ1v) is 8.68.